The Morgan fingerprint density at radius 2 is 2.17 bits per heavy atom. The molecule has 1 aliphatic carbocycles. The van der Waals surface area contributed by atoms with Crippen LogP contribution in [0, 0.1) is 5.92 Å². The van der Waals surface area contributed by atoms with E-state index in [4.69, 9.17) is 4.99 Å². The number of guanidine groups is 1. The van der Waals surface area contributed by atoms with Crippen LogP contribution in [0.4, 0.5) is 0 Å². The van der Waals surface area contributed by atoms with Crippen LogP contribution in [0.5, 0.6) is 0 Å². The van der Waals surface area contributed by atoms with Gasteiger partial charge in [0.2, 0.25) is 0 Å². The molecule has 1 saturated carbocycles. The highest BCUT2D eigenvalue weighted by Crippen LogP contribution is 2.27. The summed E-state index contributed by atoms with van der Waals surface area (Å²) in [5.74, 6) is 1.89. The second kappa shape index (κ2) is 10.4. The van der Waals surface area contributed by atoms with Crippen molar-refractivity contribution < 1.29 is 0 Å². The molecular formula is C19H35N5. The van der Waals surface area contributed by atoms with Gasteiger partial charge in [-0.3, -0.25) is 9.67 Å². The molecule has 5 nitrogen and oxygen atoms in total. The molecule has 1 aromatic heterocycles. The third kappa shape index (κ3) is 6.93. The van der Waals surface area contributed by atoms with Gasteiger partial charge in [0, 0.05) is 32.4 Å². The molecular weight excluding hydrogens is 298 g/mol. The van der Waals surface area contributed by atoms with E-state index in [0.29, 0.717) is 6.04 Å². The Kier molecular flexibility index (Phi) is 8.13. The molecule has 0 bridgehead atoms. The molecule has 136 valence electrons. The van der Waals surface area contributed by atoms with E-state index in [2.05, 4.69) is 35.8 Å². The summed E-state index contributed by atoms with van der Waals surface area (Å²) in [7, 11) is 1.95. The van der Waals surface area contributed by atoms with Crippen LogP contribution < -0.4 is 10.6 Å². The maximum absolute atomic E-state index is 4.71. The molecule has 2 N–H and O–H groups in total. The fourth-order valence-electron chi connectivity index (χ4n) is 3.48. The number of rotatable bonds is 8. The number of hydrogen-bond donors (Lipinski definition) is 2. The molecule has 1 heterocycles. The zero-order valence-electron chi connectivity index (χ0n) is 15.7. The molecule has 24 heavy (non-hydrogen) atoms. The van der Waals surface area contributed by atoms with Crippen molar-refractivity contribution in [3.05, 3.63) is 18.0 Å². The van der Waals surface area contributed by atoms with E-state index in [-0.39, 0.29) is 0 Å². The van der Waals surface area contributed by atoms with Crippen molar-refractivity contribution in [3.63, 3.8) is 0 Å². The van der Waals surface area contributed by atoms with Crippen molar-refractivity contribution >= 4 is 5.96 Å². The molecule has 1 unspecified atom stereocenters. The van der Waals surface area contributed by atoms with Crippen LogP contribution in [0.2, 0.25) is 0 Å². The van der Waals surface area contributed by atoms with E-state index in [1.165, 1.54) is 50.5 Å². The fourth-order valence-corrected chi connectivity index (χ4v) is 3.48. The lowest BCUT2D eigenvalue weighted by Gasteiger charge is -2.24. The van der Waals surface area contributed by atoms with E-state index in [9.17, 15) is 0 Å². The van der Waals surface area contributed by atoms with Gasteiger partial charge >= 0.3 is 0 Å². The predicted octanol–water partition coefficient (Wildman–Crippen LogP) is 3.27. The highest BCUT2D eigenvalue weighted by atomic mass is 15.2. The first-order valence-corrected chi connectivity index (χ1v) is 9.69. The Labute approximate surface area is 147 Å². The van der Waals surface area contributed by atoms with Gasteiger partial charge in [-0.15, -0.1) is 0 Å². The summed E-state index contributed by atoms with van der Waals surface area (Å²) in [6.07, 6.45) is 14.7. The maximum Gasteiger partial charge on any atom is 0.191 e. The minimum atomic E-state index is 0.475. The van der Waals surface area contributed by atoms with Gasteiger partial charge < -0.3 is 10.6 Å². The van der Waals surface area contributed by atoms with Crippen LogP contribution in [0.1, 0.15) is 64.4 Å². The molecule has 0 radical (unpaired) electrons. The molecule has 0 amide bonds. The van der Waals surface area contributed by atoms with Gasteiger partial charge in [0.1, 0.15) is 0 Å². The summed E-state index contributed by atoms with van der Waals surface area (Å²) >= 11 is 0. The highest BCUT2D eigenvalue weighted by Gasteiger charge is 2.15. The second-order valence-electron chi connectivity index (χ2n) is 7.16. The molecule has 1 atom stereocenters. The number of aliphatic imine (C=N–C) groups is 1. The Morgan fingerprint density at radius 1 is 1.38 bits per heavy atom. The zero-order chi connectivity index (χ0) is 17.2. The highest BCUT2D eigenvalue weighted by molar-refractivity contribution is 5.80. The van der Waals surface area contributed by atoms with E-state index >= 15 is 0 Å². The van der Waals surface area contributed by atoms with E-state index in [1.807, 2.05) is 17.9 Å². The summed E-state index contributed by atoms with van der Waals surface area (Å²) in [4.78, 5) is 4.71. The number of aromatic nitrogens is 2. The molecule has 5 heteroatoms. The number of nitrogens with one attached hydrogen (secondary N) is 2. The summed E-state index contributed by atoms with van der Waals surface area (Å²) in [5, 5.41) is 11.1. The molecule has 1 aliphatic rings. The van der Waals surface area contributed by atoms with Crippen molar-refractivity contribution in [2.45, 2.75) is 71.3 Å². The van der Waals surface area contributed by atoms with Gasteiger partial charge in [-0.1, -0.05) is 32.1 Å². The number of nitrogens with zero attached hydrogens (tertiary/aromatic N) is 3. The largest absolute Gasteiger partial charge is 0.357 e. The van der Waals surface area contributed by atoms with Crippen LogP contribution in [0.15, 0.2) is 17.4 Å². The van der Waals surface area contributed by atoms with E-state index < -0.39 is 0 Å². The normalized spacial score (nSPS) is 17.7. The Hall–Kier alpha value is -1.52. The van der Waals surface area contributed by atoms with Crippen LogP contribution in [-0.2, 0) is 13.5 Å². The maximum atomic E-state index is 4.71. The summed E-state index contributed by atoms with van der Waals surface area (Å²) in [5.41, 5.74) is 1.24. The first-order chi connectivity index (χ1) is 11.7. The number of aryl methyl sites for hydroxylation is 1. The molecule has 0 aliphatic heterocycles. The topological polar surface area (TPSA) is 54.2 Å². The molecule has 0 aromatic carbocycles. The minimum absolute atomic E-state index is 0.475. The Morgan fingerprint density at radius 3 is 2.83 bits per heavy atom. The average molecular weight is 334 g/mol. The van der Waals surface area contributed by atoms with Gasteiger partial charge in [-0.05, 0) is 44.6 Å². The van der Waals surface area contributed by atoms with Crippen LogP contribution in [0.25, 0.3) is 0 Å². The van der Waals surface area contributed by atoms with Crippen molar-refractivity contribution in [1.82, 2.24) is 20.4 Å². The molecule has 0 spiro atoms. The molecule has 1 fully saturated rings. The van der Waals surface area contributed by atoms with E-state index in [1.54, 1.807) is 0 Å². The van der Waals surface area contributed by atoms with Gasteiger partial charge in [0.05, 0.1) is 6.20 Å². The van der Waals surface area contributed by atoms with Crippen molar-refractivity contribution in [1.29, 1.82) is 0 Å². The Bertz CT molecular complexity index is 488. The van der Waals surface area contributed by atoms with Gasteiger partial charge in [0.15, 0.2) is 5.96 Å². The SMILES string of the molecule is CCNC(=NCCc1cnn(C)c1)NC(C)CCC1CCCCC1. The van der Waals surface area contributed by atoms with E-state index in [0.717, 1.165) is 31.4 Å². The minimum Gasteiger partial charge on any atom is -0.357 e. The molecule has 1 aromatic rings. The third-order valence-electron chi connectivity index (χ3n) is 4.89. The predicted molar refractivity (Wildman–Crippen MR) is 101 cm³/mol. The van der Waals surface area contributed by atoms with Gasteiger partial charge in [-0.25, -0.2) is 0 Å². The first kappa shape index (κ1) is 18.8. The fraction of sp³-hybridized carbons (Fsp3) is 0.789. The first-order valence-electron chi connectivity index (χ1n) is 9.69. The van der Waals surface area contributed by atoms with Crippen molar-refractivity contribution in [2.75, 3.05) is 13.1 Å². The van der Waals surface area contributed by atoms with Gasteiger partial charge in [0.25, 0.3) is 0 Å². The summed E-state index contributed by atoms with van der Waals surface area (Å²) in [6, 6.07) is 0.475. The zero-order valence-corrected chi connectivity index (χ0v) is 15.7. The van der Waals surface area contributed by atoms with Crippen LogP contribution >= 0.6 is 0 Å². The lowest BCUT2D eigenvalue weighted by Crippen LogP contribution is -2.42. The monoisotopic (exact) mass is 333 g/mol. The Balaban J connectivity index is 1.72. The van der Waals surface area contributed by atoms with Crippen LogP contribution in [-0.4, -0.2) is 34.9 Å². The average Bonchev–Trinajstić information content (AvgIpc) is 2.99. The summed E-state index contributed by atoms with van der Waals surface area (Å²) < 4.78 is 1.84. The van der Waals surface area contributed by atoms with Crippen molar-refractivity contribution in [2.24, 2.45) is 18.0 Å². The second-order valence-corrected chi connectivity index (χ2v) is 7.16. The lowest BCUT2D eigenvalue weighted by molar-refractivity contribution is 0.322. The lowest BCUT2D eigenvalue weighted by atomic mass is 9.85. The summed E-state index contributed by atoms with van der Waals surface area (Å²) in [6.45, 7) is 6.08. The quantitative estimate of drug-likeness (QED) is 0.567. The standard InChI is InChI=1S/C19H35N5/c1-4-20-19(21-13-12-18-14-22-24(3)15-18)23-16(2)10-11-17-8-6-5-7-9-17/h14-17H,4-13H2,1-3H3,(H2,20,21,23). The van der Waals surface area contributed by atoms with Crippen molar-refractivity contribution in [3.8, 4) is 0 Å². The van der Waals surface area contributed by atoms with Gasteiger partial charge in [-0.2, -0.15) is 5.10 Å². The number of hydrogen-bond acceptors (Lipinski definition) is 2. The molecule has 0 saturated heterocycles. The third-order valence-corrected chi connectivity index (χ3v) is 4.89. The van der Waals surface area contributed by atoms with Crippen LogP contribution in [0.3, 0.4) is 0 Å². The smallest absolute Gasteiger partial charge is 0.191 e. The molecule has 2 rings (SSSR count).